The Morgan fingerprint density at radius 1 is 0.953 bits per heavy atom. The number of hydrazone groups is 1. The van der Waals surface area contributed by atoms with Crippen molar-refractivity contribution in [2.45, 2.75) is 5.16 Å². The van der Waals surface area contributed by atoms with Crippen LogP contribution in [-0.2, 0) is 4.79 Å². The van der Waals surface area contributed by atoms with Crippen LogP contribution in [0.5, 0.6) is 5.75 Å². The molecule has 1 amide bonds. The fourth-order valence-electron chi connectivity index (χ4n) is 4.17. The highest BCUT2D eigenvalue weighted by Crippen LogP contribution is 2.36. The van der Waals surface area contributed by atoms with E-state index < -0.39 is 5.97 Å². The van der Waals surface area contributed by atoms with Crippen LogP contribution in [-0.4, -0.2) is 43.6 Å². The van der Waals surface area contributed by atoms with E-state index in [0.717, 1.165) is 21.3 Å². The zero-order valence-electron chi connectivity index (χ0n) is 22.3. The second-order valence-electron chi connectivity index (χ2n) is 8.96. The predicted molar refractivity (Wildman–Crippen MR) is 169 cm³/mol. The van der Waals surface area contributed by atoms with Crippen LogP contribution in [0.4, 0.5) is 0 Å². The number of benzene rings is 3. The Hall–Kier alpha value is -4.84. The predicted octanol–water partition coefficient (Wildman–Crippen LogP) is 6.66. The second kappa shape index (κ2) is 13.0. The van der Waals surface area contributed by atoms with Gasteiger partial charge in [0.2, 0.25) is 0 Å². The lowest BCUT2D eigenvalue weighted by Crippen LogP contribution is -2.20. The molecule has 0 aliphatic heterocycles. The van der Waals surface area contributed by atoms with Crippen LogP contribution in [0.1, 0.15) is 15.2 Å². The first-order chi connectivity index (χ1) is 21.1. The summed E-state index contributed by atoms with van der Waals surface area (Å²) in [4.78, 5) is 30.0. The van der Waals surface area contributed by atoms with Crippen molar-refractivity contribution in [3.63, 3.8) is 0 Å². The second-order valence-corrected chi connectivity index (χ2v) is 11.3. The number of aromatic nitrogens is 4. The van der Waals surface area contributed by atoms with Gasteiger partial charge >= 0.3 is 5.97 Å². The number of amides is 1. The van der Waals surface area contributed by atoms with E-state index in [1.807, 2.05) is 71.3 Å². The molecule has 0 saturated heterocycles. The highest BCUT2D eigenvalue weighted by molar-refractivity contribution is 7.99. The minimum Gasteiger partial charge on any atom is -0.422 e. The first-order valence-electron chi connectivity index (χ1n) is 12.9. The van der Waals surface area contributed by atoms with Crippen molar-refractivity contribution in [2.24, 2.45) is 5.10 Å². The van der Waals surface area contributed by atoms with Gasteiger partial charge in [-0.15, -0.1) is 21.5 Å². The van der Waals surface area contributed by atoms with Gasteiger partial charge in [-0.2, -0.15) is 5.10 Å². The van der Waals surface area contributed by atoms with E-state index >= 15 is 0 Å². The van der Waals surface area contributed by atoms with Crippen LogP contribution in [0.15, 0.2) is 114 Å². The first-order valence-corrected chi connectivity index (χ1v) is 15.1. The van der Waals surface area contributed by atoms with Gasteiger partial charge in [-0.25, -0.2) is 10.2 Å². The SMILES string of the molecule is O=C(CSc1nnc(-c2ccncc2)n1-c1ccccc1)NN=Cc1ccccc1OC(=O)c1sc2ccccc2c1Cl. The van der Waals surface area contributed by atoms with Crippen molar-refractivity contribution in [3.05, 3.63) is 119 Å². The average Bonchev–Trinajstić information content (AvgIpc) is 3.63. The zero-order chi connectivity index (χ0) is 29.6. The number of nitrogens with one attached hydrogen (secondary N) is 1. The Kier molecular flexibility index (Phi) is 8.55. The van der Waals surface area contributed by atoms with Crippen molar-refractivity contribution in [2.75, 3.05) is 5.75 Å². The number of halogens is 1. The number of esters is 1. The first kappa shape index (κ1) is 28.3. The van der Waals surface area contributed by atoms with Crippen molar-refractivity contribution in [1.82, 2.24) is 25.2 Å². The van der Waals surface area contributed by atoms with Gasteiger partial charge < -0.3 is 4.74 Å². The lowest BCUT2D eigenvalue weighted by Gasteiger charge is -2.10. The maximum absolute atomic E-state index is 13.0. The van der Waals surface area contributed by atoms with Gasteiger partial charge in [-0.3, -0.25) is 14.3 Å². The Morgan fingerprint density at radius 3 is 2.51 bits per heavy atom. The van der Waals surface area contributed by atoms with Crippen LogP contribution < -0.4 is 10.2 Å². The summed E-state index contributed by atoms with van der Waals surface area (Å²) in [5, 5.41) is 14.5. The minimum absolute atomic E-state index is 0.0414. The third-order valence-electron chi connectivity index (χ3n) is 6.15. The summed E-state index contributed by atoms with van der Waals surface area (Å²) in [7, 11) is 0. The molecule has 0 unspecified atom stereocenters. The van der Waals surface area contributed by atoms with Crippen molar-refractivity contribution in [3.8, 4) is 22.8 Å². The quantitative estimate of drug-likeness (QED) is 0.0629. The number of hydrogen-bond donors (Lipinski definition) is 1. The molecule has 0 aliphatic carbocycles. The van der Waals surface area contributed by atoms with Crippen molar-refractivity contribution in [1.29, 1.82) is 0 Å². The molecule has 212 valence electrons. The van der Waals surface area contributed by atoms with Crippen molar-refractivity contribution < 1.29 is 14.3 Å². The molecule has 0 bridgehead atoms. The summed E-state index contributed by atoms with van der Waals surface area (Å²) in [6.07, 6.45) is 4.80. The summed E-state index contributed by atoms with van der Waals surface area (Å²) >= 11 is 8.95. The molecule has 3 aromatic heterocycles. The van der Waals surface area contributed by atoms with Gasteiger partial charge in [0, 0.05) is 39.3 Å². The van der Waals surface area contributed by atoms with Gasteiger partial charge in [-0.1, -0.05) is 71.9 Å². The third-order valence-corrected chi connectivity index (χ3v) is 8.74. The maximum atomic E-state index is 13.0. The molecule has 3 aromatic carbocycles. The highest BCUT2D eigenvalue weighted by atomic mass is 35.5. The van der Waals surface area contributed by atoms with Gasteiger partial charge in [0.05, 0.1) is 17.0 Å². The number of carbonyl (C=O) groups excluding carboxylic acids is 2. The number of hydrogen-bond acceptors (Lipinski definition) is 9. The number of para-hydroxylation sites is 2. The largest absolute Gasteiger partial charge is 0.422 e. The molecule has 12 heteroatoms. The topological polar surface area (TPSA) is 111 Å². The molecule has 0 atom stereocenters. The van der Waals surface area contributed by atoms with Gasteiger partial charge in [-0.05, 0) is 42.5 Å². The van der Waals surface area contributed by atoms with E-state index in [4.69, 9.17) is 16.3 Å². The fourth-order valence-corrected chi connectivity index (χ4v) is 6.30. The summed E-state index contributed by atoms with van der Waals surface area (Å²) in [5.74, 6) is 0.0484. The molecule has 0 aliphatic rings. The van der Waals surface area contributed by atoms with Crippen LogP contribution >= 0.6 is 34.7 Å². The normalized spacial score (nSPS) is 11.2. The number of thioether (sulfide) groups is 1. The Labute approximate surface area is 259 Å². The Bertz CT molecular complexity index is 1940. The molecule has 3 heterocycles. The molecule has 0 radical (unpaired) electrons. The van der Waals surface area contributed by atoms with Gasteiger partial charge in [0.15, 0.2) is 11.0 Å². The minimum atomic E-state index is -0.568. The van der Waals surface area contributed by atoms with Crippen LogP contribution in [0, 0.1) is 0 Å². The summed E-state index contributed by atoms with van der Waals surface area (Å²) in [6, 6.07) is 27.8. The van der Waals surface area contributed by atoms with E-state index in [1.54, 1.807) is 36.7 Å². The Balaban J connectivity index is 1.12. The smallest absolute Gasteiger partial charge is 0.355 e. The van der Waals surface area contributed by atoms with Gasteiger partial charge in [0.1, 0.15) is 10.6 Å². The van der Waals surface area contributed by atoms with Crippen LogP contribution in [0.2, 0.25) is 5.02 Å². The molecule has 43 heavy (non-hydrogen) atoms. The lowest BCUT2D eigenvalue weighted by atomic mass is 10.2. The van der Waals surface area contributed by atoms with Crippen molar-refractivity contribution >= 4 is 62.9 Å². The molecule has 6 aromatic rings. The number of ether oxygens (including phenoxy) is 1. The molecule has 9 nitrogen and oxygen atoms in total. The molecule has 0 fully saturated rings. The molecular weight excluding hydrogens is 604 g/mol. The van der Waals surface area contributed by atoms with Crippen LogP contribution in [0.3, 0.4) is 0 Å². The standard InChI is InChI=1S/C31H21ClN6O3S2/c32-27-23-11-5-7-13-25(23)43-28(27)30(40)41-24-12-6-4-8-21(24)18-34-35-26(39)19-42-31-37-36-29(20-14-16-33-17-15-20)38(31)22-9-2-1-3-10-22/h1-18H,19H2,(H,35,39). The third kappa shape index (κ3) is 6.33. The van der Waals surface area contributed by atoms with E-state index in [9.17, 15) is 9.59 Å². The van der Waals surface area contributed by atoms with Gasteiger partial charge in [0.25, 0.3) is 5.91 Å². The zero-order valence-corrected chi connectivity index (χ0v) is 24.6. The maximum Gasteiger partial charge on any atom is 0.355 e. The van der Waals surface area contributed by atoms with E-state index in [0.29, 0.717) is 26.4 Å². The Morgan fingerprint density at radius 2 is 1.70 bits per heavy atom. The number of nitrogens with zero attached hydrogens (tertiary/aromatic N) is 5. The number of thiophene rings is 1. The average molecular weight is 625 g/mol. The van der Waals surface area contributed by atoms with E-state index in [-0.39, 0.29) is 17.4 Å². The van der Waals surface area contributed by atoms with E-state index in [1.165, 1.54) is 29.3 Å². The number of fused-ring (bicyclic) bond motifs is 1. The summed E-state index contributed by atoms with van der Waals surface area (Å²) in [5.41, 5.74) is 4.74. The monoisotopic (exact) mass is 624 g/mol. The van der Waals surface area contributed by atoms with E-state index in [2.05, 4.69) is 25.7 Å². The molecule has 6 rings (SSSR count). The fraction of sp³-hybridized carbons (Fsp3) is 0.0323. The number of pyridine rings is 1. The summed E-state index contributed by atoms with van der Waals surface area (Å²) in [6.45, 7) is 0. The molecule has 1 N–H and O–H groups in total. The number of carbonyl (C=O) groups is 2. The number of rotatable bonds is 9. The molecule has 0 saturated carbocycles. The highest BCUT2D eigenvalue weighted by Gasteiger charge is 2.20. The molecule has 0 spiro atoms. The lowest BCUT2D eigenvalue weighted by molar-refractivity contribution is -0.118. The summed E-state index contributed by atoms with van der Waals surface area (Å²) < 4.78 is 8.44. The van der Waals surface area contributed by atoms with Crippen LogP contribution in [0.25, 0.3) is 27.2 Å². The molecular formula is C31H21ClN6O3S2.